The maximum atomic E-state index is 5.20. The Balaban J connectivity index is 1.46. The van der Waals surface area contributed by atoms with Crippen molar-refractivity contribution in [2.75, 3.05) is 26.8 Å². The molecule has 0 unspecified atom stereocenters. The molecule has 21 heavy (non-hydrogen) atoms. The number of nitrogens with one attached hydrogen (secondary N) is 1. The molecule has 0 saturated heterocycles. The lowest BCUT2D eigenvalue weighted by atomic mass is 10.1. The first-order valence-corrected chi connectivity index (χ1v) is 8.04. The minimum absolute atomic E-state index is 0.783. The number of nitrogens with zero attached hydrogens (tertiary/aromatic N) is 1. The predicted octanol–water partition coefficient (Wildman–Crippen LogP) is 2.72. The number of rotatable bonds is 7. The maximum absolute atomic E-state index is 5.20. The lowest BCUT2D eigenvalue weighted by molar-refractivity contribution is 0.210. The van der Waals surface area contributed by atoms with E-state index in [0.717, 1.165) is 45.2 Å². The smallest absolute Gasteiger partial charge is 0.0673 e. The number of ether oxygens (including phenoxy) is 1. The molecule has 1 aliphatic carbocycles. The summed E-state index contributed by atoms with van der Waals surface area (Å²) in [6.45, 7) is 5.03. The topological polar surface area (TPSA) is 24.5 Å². The van der Waals surface area contributed by atoms with E-state index in [9.17, 15) is 0 Å². The average Bonchev–Trinajstić information content (AvgIpc) is 3.33. The van der Waals surface area contributed by atoms with Crippen molar-refractivity contribution in [2.45, 2.75) is 38.4 Å². The molecule has 1 fully saturated rings. The van der Waals surface area contributed by atoms with Crippen LogP contribution in [0.3, 0.4) is 0 Å². The Morgan fingerprint density at radius 1 is 1.19 bits per heavy atom. The van der Waals surface area contributed by atoms with Gasteiger partial charge < -0.3 is 10.1 Å². The van der Waals surface area contributed by atoms with E-state index >= 15 is 0 Å². The first-order valence-electron chi connectivity index (χ1n) is 8.04. The first-order chi connectivity index (χ1) is 10.3. The average molecular weight is 286 g/mol. The molecule has 1 aromatic carbocycles. The summed E-state index contributed by atoms with van der Waals surface area (Å²) in [5.41, 5.74) is 4.25. The zero-order chi connectivity index (χ0) is 14.5. The van der Waals surface area contributed by atoms with Gasteiger partial charge in [-0.15, -0.1) is 0 Å². The van der Waals surface area contributed by atoms with Gasteiger partial charge in [-0.25, -0.2) is 0 Å². The van der Waals surface area contributed by atoms with Crippen LogP contribution in [0, 0.1) is 0 Å². The van der Waals surface area contributed by atoms with Crippen molar-refractivity contribution in [3.63, 3.8) is 0 Å². The van der Waals surface area contributed by atoms with Gasteiger partial charge in [-0.05, 0) is 36.0 Å². The van der Waals surface area contributed by atoms with E-state index in [2.05, 4.69) is 40.6 Å². The normalized spacial score (nSPS) is 19.6. The van der Waals surface area contributed by atoms with Crippen LogP contribution >= 0.6 is 0 Å². The van der Waals surface area contributed by atoms with Crippen molar-refractivity contribution in [2.24, 2.45) is 0 Å². The minimum Gasteiger partial charge on any atom is -0.380 e. The predicted molar refractivity (Wildman–Crippen MR) is 86.2 cm³/mol. The van der Waals surface area contributed by atoms with E-state index in [1.165, 1.54) is 29.5 Å². The van der Waals surface area contributed by atoms with Gasteiger partial charge in [-0.3, -0.25) is 4.90 Å². The van der Waals surface area contributed by atoms with Crippen molar-refractivity contribution in [1.29, 1.82) is 0 Å². The maximum Gasteiger partial charge on any atom is 0.0673 e. The van der Waals surface area contributed by atoms with Gasteiger partial charge in [0, 0.05) is 39.3 Å². The number of methoxy groups -OCH3 is 1. The molecule has 2 aliphatic rings. The highest BCUT2D eigenvalue weighted by atomic mass is 16.5. The molecular formula is C18H26N2O. The van der Waals surface area contributed by atoms with Crippen LogP contribution in [0.2, 0.25) is 0 Å². The van der Waals surface area contributed by atoms with Gasteiger partial charge >= 0.3 is 0 Å². The molecular weight excluding hydrogens is 260 g/mol. The zero-order valence-electron chi connectivity index (χ0n) is 13.0. The van der Waals surface area contributed by atoms with Gasteiger partial charge in [-0.2, -0.15) is 0 Å². The summed E-state index contributed by atoms with van der Waals surface area (Å²) in [5, 5.41) is 3.56. The van der Waals surface area contributed by atoms with Gasteiger partial charge in [-0.1, -0.05) is 30.3 Å². The van der Waals surface area contributed by atoms with Crippen LogP contribution in [-0.2, 0) is 17.8 Å². The van der Waals surface area contributed by atoms with Crippen LogP contribution in [0.5, 0.6) is 0 Å². The zero-order valence-corrected chi connectivity index (χ0v) is 13.0. The number of hydrogen-bond donors (Lipinski definition) is 1. The molecule has 1 saturated carbocycles. The van der Waals surface area contributed by atoms with E-state index in [-0.39, 0.29) is 0 Å². The third-order valence-corrected chi connectivity index (χ3v) is 4.32. The van der Waals surface area contributed by atoms with Crippen LogP contribution < -0.4 is 5.32 Å². The molecule has 3 rings (SSSR count). The minimum atomic E-state index is 0.783. The molecule has 0 aromatic heterocycles. The van der Waals surface area contributed by atoms with Crippen molar-refractivity contribution < 1.29 is 4.74 Å². The Morgan fingerprint density at radius 3 is 2.57 bits per heavy atom. The molecule has 1 aliphatic heterocycles. The molecule has 1 heterocycles. The molecule has 1 aromatic rings. The number of benzene rings is 1. The quantitative estimate of drug-likeness (QED) is 0.780. The van der Waals surface area contributed by atoms with Crippen molar-refractivity contribution in [3.8, 4) is 0 Å². The van der Waals surface area contributed by atoms with Gasteiger partial charge in [0.1, 0.15) is 0 Å². The first kappa shape index (κ1) is 14.8. The summed E-state index contributed by atoms with van der Waals surface area (Å²) in [6, 6.07) is 9.87. The second kappa shape index (κ2) is 7.21. The molecule has 0 bridgehead atoms. The molecule has 1 N–H and O–H groups in total. The van der Waals surface area contributed by atoms with E-state index in [1.807, 2.05) is 0 Å². The van der Waals surface area contributed by atoms with Crippen molar-refractivity contribution in [3.05, 3.63) is 47.0 Å². The SMILES string of the molecule is COCC1=CCN(Cc2ccc(CNC3CC3)cc2)CC1. The fraction of sp³-hybridized carbons (Fsp3) is 0.556. The Hall–Kier alpha value is -1.16. The molecule has 3 heteroatoms. The highest BCUT2D eigenvalue weighted by Gasteiger charge is 2.19. The summed E-state index contributed by atoms with van der Waals surface area (Å²) < 4.78 is 5.20. The van der Waals surface area contributed by atoms with Crippen LogP contribution in [0.4, 0.5) is 0 Å². The van der Waals surface area contributed by atoms with Crippen LogP contribution in [0.1, 0.15) is 30.4 Å². The van der Waals surface area contributed by atoms with Crippen molar-refractivity contribution in [1.82, 2.24) is 10.2 Å². The van der Waals surface area contributed by atoms with Crippen LogP contribution in [0.15, 0.2) is 35.9 Å². The molecule has 0 atom stereocenters. The lowest BCUT2D eigenvalue weighted by Gasteiger charge is -2.26. The Labute approximate surface area is 128 Å². The summed E-state index contributed by atoms with van der Waals surface area (Å²) in [5.74, 6) is 0. The summed E-state index contributed by atoms with van der Waals surface area (Å²) in [4.78, 5) is 2.50. The van der Waals surface area contributed by atoms with E-state index in [0.29, 0.717) is 0 Å². The van der Waals surface area contributed by atoms with Crippen molar-refractivity contribution >= 4 is 0 Å². The molecule has 114 valence electrons. The van der Waals surface area contributed by atoms with Crippen LogP contribution in [-0.4, -0.2) is 37.7 Å². The monoisotopic (exact) mass is 286 g/mol. The standard InChI is InChI=1S/C18H26N2O/c1-21-14-17-8-10-20(11-9-17)13-16-4-2-15(3-5-16)12-19-18-6-7-18/h2-5,8,18-19H,6-7,9-14H2,1H3. The Morgan fingerprint density at radius 2 is 1.95 bits per heavy atom. The van der Waals surface area contributed by atoms with E-state index in [1.54, 1.807) is 7.11 Å². The van der Waals surface area contributed by atoms with Gasteiger partial charge in [0.2, 0.25) is 0 Å². The second-order valence-electron chi connectivity index (χ2n) is 6.25. The Kier molecular flexibility index (Phi) is 5.07. The van der Waals surface area contributed by atoms with E-state index < -0.39 is 0 Å². The van der Waals surface area contributed by atoms with Gasteiger partial charge in [0.15, 0.2) is 0 Å². The molecule has 0 radical (unpaired) electrons. The third-order valence-electron chi connectivity index (χ3n) is 4.32. The highest BCUT2D eigenvalue weighted by Crippen LogP contribution is 2.19. The second-order valence-corrected chi connectivity index (χ2v) is 6.25. The Bertz CT molecular complexity index is 476. The number of hydrogen-bond acceptors (Lipinski definition) is 3. The van der Waals surface area contributed by atoms with Gasteiger partial charge in [0.25, 0.3) is 0 Å². The summed E-state index contributed by atoms with van der Waals surface area (Å²) in [7, 11) is 1.77. The third kappa shape index (κ3) is 4.67. The summed E-state index contributed by atoms with van der Waals surface area (Å²) >= 11 is 0. The summed E-state index contributed by atoms with van der Waals surface area (Å²) in [6.07, 6.45) is 6.16. The highest BCUT2D eigenvalue weighted by molar-refractivity contribution is 5.23. The fourth-order valence-corrected chi connectivity index (χ4v) is 2.78. The lowest BCUT2D eigenvalue weighted by Crippen LogP contribution is -2.29. The van der Waals surface area contributed by atoms with Crippen LogP contribution in [0.25, 0.3) is 0 Å². The fourth-order valence-electron chi connectivity index (χ4n) is 2.78. The van der Waals surface area contributed by atoms with Gasteiger partial charge in [0.05, 0.1) is 6.61 Å². The van der Waals surface area contributed by atoms with E-state index in [4.69, 9.17) is 4.74 Å². The molecule has 0 spiro atoms. The largest absolute Gasteiger partial charge is 0.380 e. The molecule has 3 nitrogen and oxygen atoms in total. The molecule has 0 amide bonds.